The normalized spacial score (nSPS) is 12.3. The molecule has 1 aliphatic rings. The predicted molar refractivity (Wildman–Crippen MR) is 159 cm³/mol. The molecule has 0 saturated heterocycles. The first-order valence-electron chi connectivity index (χ1n) is 13.7. The highest BCUT2D eigenvalue weighted by atomic mass is 15.3. The van der Waals surface area contributed by atoms with Gasteiger partial charge in [0.25, 0.3) is 0 Å². The zero-order valence-corrected chi connectivity index (χ0v) is 23.0. The molecule has 0 radical (unpaired) electrons. The number of hydrogen-bond donors (Lipinski definition) is 3. The van der Waals surface area contributed by atoms with Crippen molar-refractivity contribution in [1.29, 1.82) is 5.41 Å². The van der Waals surface area contributed by atoms with Gasteiger partial charge in [0.2, 0.25) is 0 Å². The third-order valence-corrected chi connectivity index (χ3v) is 7.24. The molecule has 0 amide bonds. The number of aromatic nitrogens is 4. The van der Waals surface area contributed by atoms with Crippen molar-refractivity contribution in [3.63, 3.8) is 0 Å². The highest BCUT2D eigenvalue weighted by Crippen LogP contribution is 2.30. The zero-order chi connectivity index (χ0) is 27.9. The van der Waals surface area contributed by atoms with Crippen molar-refractivity contribution in [2.45, 2.75) is 52.4 Å². The molecule has 6 rings (SSSR count). The average Bonchev–Trinajstić information content (AvgIpc) is 3.64. The van der Waals surface area contributed by atoms with Crippen LogP contribution in [0.1, 0.15) is 52.7 Å². The Morgan fingerprint density at radius 1 is 1.00 bits per heavy atom. The number of aromatic amines is 1. The van der Waals surface area contributed by atoms with E-state index in [0.717, 1.165) is 65.1 Å². The van der Waals surface area contributed by atoms with Gasteiger partial charge in [0, 0.05) is 30.1 Å². The van der Waals surface area contributed by atoms with E-state index in [9.17, 15) is 0 Å². The average molecular weight is 531 g/mol. The van der Waals surface area contributed by atoms with Gasteiger partial charge in [-0.05, 0) is 84.5 Å². The molecular formula is C32H34N8. The van der Waals surface area contributed by atoms with E-state index in [-0.39, 0.29) is 5.84 Å². The predicted octanol–water partition coefficient (Wildman–Crippen LogP) is 6.50. The SMILES string of the molecule is CCc1nc2nc(CCc3cccnc3)cc(C)c2[nH]1.N=C(N=NN)c1ccccc1-c1ccc2c(c1)CCC2. The van der Waals surface area contributed by atoms with Crippen LogP contribution in [0.4, 0.5) is 0 Å². The van der Waals surface area contributed by atoms with Gasteiger partial charge in [-0.1, -0.05) is 60.7 Å². The van der Waals surface area contributed by atoms with E-state index in [1.165, 1.54) is 35.1 Å². The van der Waals surface area contributed by atoms with Crippen molar-refractivity contribution < 1.29 is 0 Å². The van der Waals surface area contributed by atoms with Crippen LogP contribution in [0.2, 0.25) is 0 Å². The molecule has 8 heteroatoms. The minimum atomic E-state index is 0.0867. The van der Waals surface area contributed by atoms with Gasteiger partial charge < -0.3 is 10.8 Å². The van der Waals surface area contributed by atoms with Crippen LogP contribution < -0.4 is 5.84 Å². The quantitative estimate of drug-likeness (QED) is 0.0760. The van der Waals surface area contributed by atoms with Gasteiger partial charge in [0.05, 0.1) is 5.52 Å². The van der Waals surface area contributed by atoms with Crippen molar-refractivity contribution in [3.05, 3.63) is 112 Å². The Balaban J connectivity index is 0.000000161. The maximum atomic E-state index is 7.93. The second kappa shape index (κ2) is 12.4. The molecule has 202 valence electrons. The smallest absolute Gasteiger partial charge is 0.178 e. The molecule has 3 aromatic heterocycles. The number of pyridine rings is 2. The molecule has 8 nitrogen and oxygen atoms in total. The molecule has 0 unspecified atom stereocenters. The molecule has 0 fully saturated rings. The molecule has 0 aliphatic heterocycles. The van der Waals surface area contributed by atoms with Crippen molar-refractivity contribution in [2.75, 3.05) is 0 Å². The maximum Gasteiger partial charge on any atom is 0.178 e. The van der Waals surface area contributed by atoms with Crippen LogP contribution in [0.25, 0.3) is 22.3 Å². The molecule has 0 saturated carbocycles. The van der Waals surface area contributed by atoms with Gasteiger partial charge in [-0.25, -0.2) is 9.97 Å². The lowest BCUT2D eigenvalue weighted by molar-refractivity contribution is 0.910. The molecule has 0 spiro atoms. The summed E-state index contributed by atoms with van der Waals surface area (Å²) >= 11 is 0. The van der Waals surface area contributed by atoms with Crippen LogP contribution in [-0.2, 0) is 32.1 Å². The van der Waals surface area contributed by atoms with Crippen LogP contribution in [0.15, 0.2) is 83.4 Å². The van der Waals surface area contributed by atoms with Crippen molar-refractivity contribution in [1.82, 2.24) is 19.9 Å². The molecule has 0 atom stereocenters. The highest BCUT2D eigenvalue weighted by molar-refractivity contribution is 6.02. The van der Waals surface area contributed by atoms with E-state index in [0.29, 0.717) is 0 Å². The Bertz CT molecular complexity index is 1650. The van der Waals surface area contributed by atoms with Crippen LogP contribution in [0, 0.1) is 12.3 Å². The van der Waals surface area contributed by atoms with E-state index in [4.69, 9.17) is 11.3 Å². The molecule has 1 aliphatic carbocycles. The van der Waals surface area contributed by atoms with Crippen LogP contribution in [0.3, 0.4) is 0 Å². The lowest BCUT2D eigenvalue weighted by Crippen LogP contribution is -1.99. The Hall–Kier alpha value is -4.72. The number of rotatable bonds is 6. The summed E-state index contributed by atoms with van der Waals surface area (Å²) in [5.74, 6) is 6.13. The van der Waals surface area contributed by atoms with Crippen molar-refractivity contribution in [3.8, 4) is 11.1 Å². The first-order valence-corrected chi connectivity index (χ1v) is 13.7. The summed E-state index contributed by atoms with van der Waals surface area (Å²) in [4.78, 5) is 16.7. The summed E-state index contributed by atoms with van der Waals surface area (Å²) in [6.07, 6.45) is 10.0. The van der Waals surface area contributed by atoms with Crippen molar-refractivity contribution >= 4 is 17.0 Å². The van der Waals surface area contributed by atoms with Crippen LogP contribution in [-0.4, -0.2) is 25.8 Å². The summed E-state index contributed by atoms with van der Waals surface area (Å²) < 4.78 is 0. The number of imidazole rings is 1. The number of nitrogens with one attached hydrogen (secondary N) is 2. The monoisotopic (exact) mass is 530 g/mol. The fourth-order valence-corrected chi connectivity index (χ4v) is 5.16. The zero-order valence-electron chi connectivity index (χ0n) is 23.0. The Morgan fingerprint density at radius 3 is 2.65 bits per heavy atom. The van der Waals surface area contributed by atoms with Gasteiger partial charge in [-0.2, -0.15) is 0 Å². The lowest BCUT2D eigenvalue weighted by Gasteiger charge is -2.09. The van der Waals surface area contributed by atoms with E-state index >= 15 is 0 Å². The van der Waals surface area contributed by atoms with Crippen LogP contribution >= 0.6 is 0 Å². The fourth-order valence-electron chi connectivity index (χ4n) is 5.16. The summed E-state index contributed by atoms with van der Waals surface area (Å²) in [6, 6.07) is 20.5. The first-order chi connectivity index (χ1) is 19.6. The summed E-state index contributed by atoms with van der Waals surface area (Å²) in [5, 5.41) is 14.8. The summed E-state index contributed by atoms with van der Waals surface area (Å²) in [5.41, 5.74) is 11.2. The van der Waals surface area contributed by atoms with Gasteiger partial charge >= 0.3 is 0 Å². The number of fused-ring (bicyclic) bond motifs is 2. The van der Waals surface area contributed by atoms with Crippen LogP contribution in [0.5, 0.6) is 0 Å². The Labute approximate surface area is 234 Å². The largest absolute Gasteiger partial charge is 0.340 e. The number of benzene rings is 2. The maximum absolute atomic E-state index is 7.93. The molecule has 4 N–H and O–H groups in total. The molecule has 5 aromatic rings. The van der Waals surface area contributed by atoms with Gasteiger partial charge in [-0.15, -0.1) is 5.11 Å². The van der Waals surface area contributed by atoms with E-state index in [1.807, 2.05) is 36.5 Å². The highest BCUT2D eigenvalue weighted by Gasteiger charge is 2.14. The minimum Gasteiger partial charge on any atom is -0.340 e. The molecular weight excluding hydrogens is 496 g/mol. The van der Waals surface area contributed by atoms with E-state index < -0.39 is 0 Å². The topological polar surface area (TPSA) is 129 Å². The molecule has 0 bridgehead atoms. The third-order valence-electron chi connectivity index (χ3n) is 7.24. The standard InChI is InChI=1S/C16H18N4.C16H16N4/c1-3-14-19-15-11(2)9-13(18-16(15)20-14)7-6-12-5-4-8-17-10-12;17-16(19-20-18)15-7-2-1-6-14(15)13-9-8-11-4-3-5-12(11)10-13/h4-5,8-10H,3,6-7H2,1-2H3,(H,18,19,20);1-2,6-10H,3-5H2,(H3,17,18,19). The number of nitrogens with two attached hydrogens (primary N) is 1. The first kappa shape index (κ1) is 26.9. The number of H-pyrrole nitrogens is 1. The number of nitrogens with zero attached hydrogens (tertiary/aromatic N) is 5. The minimum absolute atomic E-state index is 0.0867. The molecule has 40 heavy (non-hydrogen) atoms. The Morgan fingerprint density at radius 2 is 1.85 bits per heavy atom. The molecule has 3 heterocycles. The number of hydrogen-bond acceptors (Lipinski definition) is 5. The van der Waals surface area contributed by atoms with Gasteiger partial charge in [0.1, 0.15) is 5.82 Å². The molecule has 2 aromatic carbocycles. The lowest BCUT2D eigenvalue weighted by atomic mass is 9.96. The third kappa shape index (κ3) is 6.12. The fraction of sp³-hybridized carbons (Fsp3) is 0.250. The van der Waals surface area contributed by atoms with E-state index in [2.05, 4.69) is 74.5 Å². The second-order valence-corrected chi connectivity index (χ2v) is 9.97. The van der Waals surface area contributed by atoms with Gasteiger partial charge in [0.15, 0.2) is 11.5 Å². The van der Waals surface area contributed by atoms with E-state index in [1.54, 1.807) is 6.20 Å². The Kier molecular flexibility index (Phi) is 8.35. The summed E-state index contributed by atoms with van der Waals surface area (Å²) in [7, 11) is 0. The number of aryl methyl sites for hydroxylation is 6. The second-order valence-electron chi connectivity index (χ2n) is 9.97. The summed E-state index contributed by atoms with van der Waals surface area (Å²) in [6.45, 7) is 4.20. The van der Waals surface area contributed by atoms with Gasteiger partial charge in [-0.3, -0.25) is 10.4 Å². The number of amidine groups is 1. The van der Waals surface area contributed by atoms with Crippen molar-refractivity contribution in [2.24, 2.45) is 16.2 Å².